The lowest BCUT2D eigenvalue weighted by Gasteiger charge is -2.43. The Labute approximate surface area is 196 Å². The minimum atomic E-state index is -0.380. The van der Waals surface area contributed by atoms with E-state index in [0.29, 0.717) is 5.70 Å². The largest absolute Gasteiger partial charge is 0.362 e. The average Bonchev–Trinajstić information content (AvgIpc) is 3.00. The summed E-state index contributed by atoms with van der Waals surface area (Å²) in [7, 11) is 0. The molecule has 5 nitrogen and oxygen atoms in total. The average molecular weight is 444 g/mol. The molecule has 0 unspecified atom stereocenters. The number of hydrogen-bond donors (Lipinski definition) is 1. The van der Waals surface area contributed by atoms with Crippen LogP contribution in [0.4, 0.5) is 10.5 Å². The molecule has 0 aliphatic carbocycles. The lowest BCUT2D eigenvalue weighted by Crippen LogP contribution is -2.45. The normalized spacial score (nSPS) is 18.5. The van der Waals surface area contributed by atoms with Crippen LogP contribution < -0.4 is 10.2 Å². The highest BCUT2D eigenvalue weighted by atomic mass is 16.2. The lowest BCUT2D eigenvalue weighted by atomic mass is 9.86. The molecule has 3 amide bonds. The summed E-state index contributed by atoms with van der Waals surface area (Å²) in [5.41, 5.74) is 7.98. The summed E-state index contributed by atoms with van der Waals surface area (Å²) in [6, 6.07) is 11.8. The van der Waals surface area contributed by atoms with Crippen molar-refractivity contribution in [2.45, 2.75) is 60.0 Å². The smallest absolute Gasteiger partial charge is 0.329 e. The van der Waals surface area contributed by atoms with E-state index in [4.69, 9.17) is 0 Å². The van der Waals surface area contributed by atoms with Crippen LogP contribution in [0.5, 0.6) is 0 Å². The number of aryl methyl sites for hydroxylation is 2. The van der Waals surface area contributed by atoms with Crippen LogP contribution in [0.25, 0.3) is 11.6 Å². The van der Waals surface area contributed by atoms with Gasteiger partial charge in [-0.1, -0.05) is 42.8 Å². The number of allylic oxidation sites excluding steroid dienone is 1. The molecule has 1 saturated heterocycles. The molecule has 1 fully saturated rings. The maximum Gasteiger partial charge on any atom is 0.329 e. The zero-order valence-electron chi connectivity index (χ0n) is 20.5. The molecule has 2 aliphatic heterocycles. The number of nitrogens with zero attached hydrogens (tertiary/aromatic N) is 2. The van der Waals surface area contributed by atoms with Gasteiger partial charge in [-0.15, -0.1) is 0 Å². The predicted octanol–water partition coefficient (Wildman–Crippen LogP) is 5.81. The molecule has 172 valence electrons. The zero-order chi connectivity index (χ0) is 23.9. The second-order valence-electron chi connectivity index (χ2n) is 9.72. The molecule has 0 aromatic heterocycles. The molecule has 2 aliphatic rings. The van der Waals surface area contributed by atoms with Crippen LogP contribution in [0.15, 0.2) is 48.2 Å². The van der Waals surface area contributed by atoms with E-state index in [2.05, 4.69) is 63.0 Å². The van der Waals surface area contributed by atoms with Crippen molar-refractivity contribution in [3.63, 3.8) is 0 Å². The number of nitrogens with one attached hydrogen (secondary N) is 1. The van der Waals surface area contributed by atoms with Gasteiger partial charge in [0, 0.05) is 17.8 Å². The summed E-state index contributed by atoms with van der Waals surface area (Å²) in [5.74, 6) is -0.293. The number of hydrogen-bond acceptors (Lipinski definition) is 3. The van der Waals surface area contributed by atoms with E-state index in [1.807, 2.05) is 37.3 Å². The maximum atomic E-state index is 13.0. The van der Waals surface area contributed by atoms with Gasteiger partial charge >= 0.3 is 6.03 Å². The topological polar surface area (TPSA) is 52.7 Å². The Hall–Kier alpha value is -3.34. The standard InChI is InChI=1S/C28H33N3O2/c1-7-12-31-25-13-19(3)22(14-23(25)20(4)16-28(31,5)6)15-24-26(32)30(27(33)29-24)17-21-10-8-18(2)9-11-21/h8-11,13-16H,7,12,17H2,1-6H3,(H,29,33)/b24-15+. The SMILES string of the molecule is CCCN1c2cc(C)c(/C=C3/NC(=O)N(Cc4ccc(C)cc4)C3=O)cc2C(C)=CC1(C)C. The monoisotopic (exact) mass is 443 g/mol. The molecule has 33 heavy (non-hydrogen) atoms. The van der Waals surface area contributed by atoms with Gasteiger partial charge in [-0.25, -0.2) is 4.79 Å². The van der Waals surface area contributed by atoms with Crippen molar-refractivity contribution in [2.75, 3.05) is 11.4 Å². The third kappa shape index (κ3) is 4.32. The number of carbonyl (C=O) groups is 2. The zero-order valence-corrected chi connectivity index (χ0v) is 20.5. The molecule has 0 bridgehead atoms. The van der Waals surface area contributed by atoms with Gasteiger partial charge in [0.05, 0.1) is 12.1 Å². The van der Waals surface area contributed by atoms with E-state index in [9.17, 15) is 9.59 Å². The molecule has 1 N–H and O–H groups in total. The number of carbonyl (C=O) groups excluding carboxylic acids is 2. The van der Waals surface area contributed by atoms with Crippen molar-refractivity contribution in [3.05, 3.63) is 76.0 Å². The molecular formula is C28H33N3O2. The summed E-state index contributed by atoms with van der Waals surface area (Å²) in [4.78, 5) is 29.3. The number of rotatable bonds is 5. The Bertz CT molecular complexity index is 1170. The van der Waals surface area contributed by atoms with Gasteiger partial charge in [-0.3, -0.25) is 9.69 Å². The van der Waals surface area contributed by atoms with Crippen LogP contribution in [0.3, 0.4) is 0 Å². The fourth-order valence-corrected chi connectivity index (χ4v) is 4.78. The maximum absolute atomic E-state index is 13.0. The Morgan fingerprint density at radius 3 is 2.39 bits per heavy atom. The molecule has 0 spiro atoms. The van der Waals surface area contributed by atoms with E-state index in [1.54, 1.807) is 0 Å². The van der Waals surface area contributed by atoms with Gasteiger partial charge < -0.3 is 10.2 Å². The summed E-state index contributed by atoms with van der Waals surface area (Å²) >= 11 is 0. The molecule has 0 radical (unpaired) electrons. The Kier molecular flexibility index (Phi) is 5.91. The van der Waals surface area contributed by atoms with Gasteiger partial charge in [0.1, 0.15) is 5.70 Å². The van der Waals surface area contributed by atoms with Gasteiger partial charge in [0.15, 0.2) is 0 Å². The minimum Gasteiger partial charge on any atom is -0.362 e. The van der Waals surface area contributed by atoms with Crippen LogP contribution in [0.1, 0.15) is 61.9 Å². The number of anilines is 1. The van der Waals surface area contributed by atoms with Crippen molar-refractivity contribution < 1.29 is 9.59 Å². The van der Waals surface area contributed by atoms with Crippen molar-refractivity contribution in [2.24, 2.45) is 0 Å². The van der Waals surface area contributed by atoms with E-state index in [0.717, 1.165) is 35.2 Å². The molecule has 5 heteroatoms. The van der Waals surface area contributed by atoms with Gasteiger partial charge in [0.2, 0.25) is 0 Å². The highest BCUT2D eigenvalue weighted by Crippen LogP contribution is 2.40. The molecule has 2 aromatic carbocycles. The molecular weight excluding hydrogens is 410 g/mol. The highest BCUT2D eigenvalue weighted by Gasteiger charge is 2.34. The second kappa shape index (κ2) is 8.54. The third-order valence-electron chi connectivity index (χ3n) is 6.54. The van der Waals surface area contributed by atoms with Crippen molar-refractivity contribution in [1.29, 1.82) is 0 Å². The highest BCUT2D eigenvalue weighted by molar-refractivity contribution is 6.14. The molecule has 2 aromatic rings. The van der Waals surface area contributed by atoms with Crippen molar-refractivity contribution in [1.82, 2.24) is 10.2 Å². The fraction of sp³-hybridized carbons (Fsp3) is 0.357. The summed E-state index contributed by atoms with van der Waals surface area (Å²) in [6.45, 7) is 14.1. The van der Waals surface area contributed by atoms with E-state index >= 15 is 0 Å². The van der Waals surface area contributed by atoms with Gasteiger partial charge in [-0.05, 0) is 81.5 Å². The first-order valence-electron chi connectivity index (χ1n) is 11.6. The first-order chi connectivity index (χ1) is 15.6. The molecule has 2 heterocycles. The first kappa shape index (κ1) is 22.8. The van der Waals surface area contributed by atoms with Crippen LogP contribution in [0, 0.1) is 13.8 Å². The Morgan fingerprint density at radius 1 is 1.03 bits per heavy atom. The Morgan fingerprint density at radius 2 is 1.73 bits per heavy atom. The Balaban J connectivity index is 1.66. The first-order valence-corrected chi connectivity index (χ1v) is 11.6. The van der Waals surface area contributed by atoms with Crippen LogP contribution in [-0.4, -0.2) is 28.9 Å². The van der Waals surface area contributed by atoms with E-state index in [-0.39, 0.29) is 24.0 Å². The third-order valence-corrected chi connectivity index (χ3v) is 6.54. The predicted molar refractivity (Wildman–Crippen MR) is 135 cm³/mol. The second-order valence-corrected chi connectivity index (χ2v) is 9.72. The van der Waals surface area contributed by atoms with Crippen LogP contribution in [-0.2, 0) is 11.3 Å². The van der Waals surface area contributed by atoms with E-state index in [1.165, 1.54) is 21.7 Å². The number of fused-ring (bicyclic) bond motifs is 1. The molecule has 4 rings (SSSR count). The quantitative estimate of drug-likeness (QED) is 0.469. The van der Waals surface area contributed by atoms with Crippen molar-refractivity contribution in [3.8, 4) is 0 Å². The van der Waals surface area contributed by atoms with Crippen molar-refractivity contribution >= 4 is 29.3 Å². The minimum absolute atomic E-state index is 0.0502. The summed E-state index contributed by atoms with van der Waals surface area (Å²) < 4.78 is 0. The number of urea groups is 1. The molecule has 0 saturated carbocycles. The van der Waals surface area contributed by atoms with Crippen LogP contribution in [0.2, 0.25) is 0 Å². The summed E-state index contributed by atoms with van der Waals surface area (Å²) in [6.07, 6.45) is 5.18. The number of amides is 3. The summed E-state index contributed by atoms with van der Waals surface area (Å²) in [5, 5.41) is 2.77. The van der Waals surface area contributed by atoms with Crippen LogP contribution >= 0.6 is 0 Å². The van der Waals surface area contributed by atoms with E-state index < -0.39 is 0 Å². The van der Waals surface area contributed by atoms with Gasteiger partial charge in [-0.2, -0.15) is 0 Å². The molecule has 0 atom stereocenters. The van der Waals surface area contributed by atoms with Gasteiger partial charge in [0.25, 0.3) is 5.91 Å². The number of benzene rings is 2. The lowest BCUT2D eigenvalue weighted by molar-refractivity contribution is -0.123. The fourth-order valence-electron chi connectivity index (χ4n) is 4.78. The number of imide groups is 1.